The molecule has 1 aliphatic heterocycles. The van der Waals surface area contributed by atoms with Crippen LogP contribution in [0.1, 0.15) is 56.6 Å². The molecule has 6 nitrogen and oxygen atoms in total. The molecule has 7 heteroatoms. The fraction of sp³-hybridized carbons (Fsp3) is 0.333. The minimum absolute atomic E-state index is 0.00276. The average molecular weight is 482 g/mol. The van der Waals surface area contributed by atoms with E-state index < -0.39 is 11.9 Å². The van der Waals surface area contributed by atoms with E-state index in [1.807, 2.05) is 31.2 Å². The number of phenolic OH excluding ortho intramolecular Hbond substituents is 1. The van der Waals surface area contributed by atoms with Gasteiger partial charge >= 0.3 is 5.97 Å². The van der Waals surface area contributed by atoms with Crippen molar-refractivity contribution >= 4 is 23.4 Å². The van der Waals surface area contributed by atoms with Crippen molar-refractivity contribution in [1.29, 1.82) is 0 Å². The smallest absolute Gasteiger partial charge is 0.337 e. The lowest BCUT2D eigenvalue weighted by molar-refractivity contribution is -0.143. The minimum atomic E-state index is -0.629. The monoisotopic (exact) mass is 481 g/mol. The second-order valence-corrected chi connectivity index (χ2v) is 9.39. The number of carbonyl (C=O) groups is 2. The predicted molar refractivity (Wildman–Crippen MR) is 130 cm³/mol. The number of Topliss-reactive ketones (excluding diaryl/α,β-unsaturated/α-hetero) is 1. The van der Waals surface area contributed by atoms with Crippen molar-refractivity contribution in [3.63, 3.8) is 0 Å². The first-order valence-electron chi connectivity index (χ1n) is 11.3. The third-order valence-electron chi connectivity index (χ3n) is 6.27. The van der Waals surface area contributed by atoms with Gasteiger partial charge in [-0.15, -0.1) is 0 Å². The Kier molecular flexibility index (Phi) is 6.71. The van der Waals surface area contributed by atoms with Gasteiger partial charge in [0.25, 0.3) is 0 Å². The van der Waals surface area contributed by atoms with Gasteiger partial charge in [-0.2, -0.15) is 0 Å². The zero-order valence-electron chi connectivity index (χ0n) is 19.6. The summed E-state index contributed by atoms with van der Waals surface area (Å²) >= 11 is 6.05. The van der Waals surface area contributed by atoms with E-state index in [1.165, 1.54) is 13.2 Å². The third kappa shape index (κ3) is 4.55. The van der Waals surface area contributed by atoms with E-state index >= 15 is 0 Å². The number of esters is 1. The maximum absolute atomic E-state index is 13.6. The standard InChI is InChI=1S/C27H28ClNO5/c1-14(2)34-27(32)24-15(3)29-20-11-18(16-5-8-19(28)9-6-16)12-22(31)26(20)25(24)17-7-10-21(30)23(13-17)33-4/h5-10,13-14,18,25,29-30H,11-12H2,1-4H3. The van der Waals surface area contributed by atoms with Gasteiger partial charge in [-0.05, 0) is 68.5 Å². The quantitative estimate of drug-likeness (QED) is 0.559. The number of dihydropyridines is 1. The summed E-state index contributed by atoms with van der Waals surface area (Å²) in [6, 6.07) is 12.5. The lowest BCUT2D eigenvalue weighted by Gasteiger charge is -2.37. The van der Waals surface area contributed by atoms with Crippen molar-refractivity contribution in [3.8, 4) is 11.5 Å². The number of hydrogen-bond acceptors (Lipinski definition) is 6. The molecule has 0 spiro atoms. The van der Waals surface area contributed by atoms with Crippen LogP contribution >= 0.6 is 11.6 Å². The van der Waals surface area contributed by atoms with Crippen molar-refractivity contribution in [2.45, 2.75) is 51.6 Å². The molecular formula is C27H28ClNO5. The highest BCUT2D eigenvalue weighted by atomic mass is 35.5. The number of phenols is 1. The number of hydrogen-bond donors (Lipinski definition) is 2. The Hall–Kier alpha value is -3.25. The highest BCUT2D eigenvalue weighted by molar-refractivity contribution is 6.30. The van der Waals surface area contributed by atoms with Crippen LogP contribution in [-0.2, 0) is 14.3 Å². The minimum Gasteiger partial charge on any atom is -0.504 e. The first-order valence-corrected chi connectivity index (χ1v) is 11.6. The molecule has 0 aromatic heterocycles. The molecule has 0 bridgehead atoms. The molecule has 2 aliphatic rings. The molecule has 0 saturated heterocycles. The molecule has 0 amide bonds. The summed E-state index contributed by atoms with van der Waals surface area (Å²) in [7, 11) is 1.46. The van der Waals surface area contributed by atoms with Crippen molar-refractivity contribution < 1.29 is 24.2 Å². The molecule has 2 aromatic carbocycles. The van der Waals surface area contributed by atoms with Gasteiger partial charge in [0.2, 0.25) is 0 Å². The maximum Gasteiger partial charge on any atom is 0.337 e. The largest absolute Gasteiger partial charge is 0.504 e. The molecule has 2 atom stereocenters. The van der Waals surface area contributed by atoms with Crippen LogP contribution in [0.5, 0.6) is 11.5 Å². The Balaban J connectivity index is 1.82. The van der Waals surface area contributed by atoms with Gasteiger partial charge in [-0.25, -0.2) is 4.79 Å². The van der Waals surface area contributed by atoms with E-state index in [-0.39, 0.29) is 29.3 Å². The Morgan fingerprint density at radius 1 is 1.12 bits per heavy atom. The lowest BCUT2D eigenvalue weighted by atomic mass is 9.71. The van der Waals surface area contributed by atoms with Crippen LogP contribution in [0.25, 0.3) is 0 Å². The highest BCUT2D eigenvalue weighted by Gasteiger charge is 2.41. The van der Waals surface area contributed by atoms with Gasteiger partial charge < -0.3 is 19.9 Å². The van der Waals surface area contributed by atoms with Crippen molar-refractivity contribution in [2.75, 3.05) is 7.11 Å². The van der Waals surface area contributed by atoms with E-state index in [9.17, 15) is 14.7 Å². The van der Waals surface area contributed by atoms with E-state index in [0.29, 0.717) is 40.3 Å². The number of aromatic hydroxyl groups is 1. The Labute approximate surface area is 204 Å². The fourth-order valence-electron chi connectivity index (χ4n) is 4.76. The molecule has 1 aliphatic carbocycles. The molecule has 2 unspecified atom stereocenters. The second-order valence-electron chi connectivity index (χ2n) is 8.95. The Morgan fingerprint density at radius 3 is 2.44 bits per heavy atom. The summed E-state index contributed by atoms with van der Waals surface area (Å²) in [5, 5.41) is 14.1. The van der Waals surface area contributed by atoms with Crippen molar-refractivity contribution in [1.82, 2.24) is 5.32 Å². The zero-order chi connectivity index (χ0) is 24.6. The van der Waals surface area contributed by atoms with Crippen LogP contribution in [0, 0.1) is 0 Å². The van der Waals surface area contributed by atoms with Crippen molar-refractivity contribution in [2.24, 2.45) is 0 Å². The summed E-state index contributed by atoms with van der Waals surface area (Å²) in [4.78, 5) is 26.8. The first-order chi connectivity index (χ1) is 16.2. The maximum atomic E-state index is 13.6. The lowest BCUT2D eigenvalue weighted by Crippen LogP contribution is -2.36. The molecule has 2 aromatic rings. The molecule has 1 heterocycles. The molecule has 34 heavy (non-hydrogen) atoms. The predicted octanol–water partition coefficient (Wildman–Crippen LogP) is 5.37. The van der Waals surface area contributed by atoms with E-state index in [2.05, 4.69) is 5.32 Å². The van der Waals surface area contributed by atoms with Gasteiger partial charge in [-0.1, -0.05) is 29.8 Å². The molecular weight excluding hydrogens is 454 g/mol. The molecule has 0 saturated carbocycles. The Bertz CT molecular complexity index is 1200. The number of halogens is 1. The summed E-state index contributed by atoms with van der Waals surface area (Å²) in [6.45, 7) is 5.40. The fourth-order valence-corrected chi connectivity index (χ4v) is 4.89. The van der Waals surface area contributed by atoms with Gasteiger partial charge in [0, 0.05) is 34.3 Å². The second kappa shape index (κ2) is 9.55. The molecule has 2 N–H and O–H groups in total. The van der Waals surface area contributed by atoms with Crippen LogP contribution in [-0.4, -0.2) is 30.1 Å². The van der Waals surface area contributed by atoms with E-state index in [1.54, 1.807) is 26.0 Å². The van der Waals surface area contributed by atoms with Gasteiger partial charge in [0.05, 0.1) is 18.8 Å². The first kappa shape index (κ1) is 23.9. The van der Waals surface area contributed by atoms with Crippen LogP contribution in [0.15, 0.2) is 65.0 Å². The topological polar surface area (TPSA) is 84.9 Å². The molecule has 0 fully saturated rings. The number of methoxy groups -OCH3 is 1. The Morgan fingerprint density at radius 2 is 1.79 bits per heavy atom. The van der Waals surface area contributed by atoms with Crippen LogP contribution < -0.4 is 10.1 Å². The van der Waals surface area contributed by atoms with Gasteiger partial charge in [0.1, 0.15) is 0 Å². The number of carbonyl (C=O) groups excluding carboxylic acids is 2. The van der Waals surface area contributed by atoms with E-state index in [0.717, 1.165) is 11.3 Å². The average Bonchev–Trinajstić information content (AvgIpc) is 2.78. The molecule has 178 valence electrons. The summed E-state index contributed by atoms with van der Waals surface area (Å²) in [5.41, 5.74) is 4.10. The molecule has 4 rings (SSSR count). The van der Waals surface area contributed by atoms with Gasteiger partial charge in [0.15, 0.2) is 17.3 Å². The SMILES string of the molecule is COc1cc(C2C(C(=O)OC(C)C)=C(C)NC3=C2C(=O)CC(c2ccc(Cl)cc2)C3)ccc1O. The summed E-state index contributed by atoms with van der Waals surface area (Å²) in [5.74, 6) is -0.878. The number of ether oxygens (including phenoxy) is 2. The van der Waals surface area contributed by atoms with Gasteiger partial charge in [-0.3, -0.25) is 4.79 Å². The van der Waals surface area contributed by atoms with Crippen LogP contribution in [0.2, 0.25) is 5.02 Å². The summed E-state index contributed by atoms with van der Waals surface area (Å²) in [6.07, 6.45) is 0.632. The normalized spacial score (nSPS) is 20.2. The summed E-state index contributed by atoms with van der Waals surface area (Å²) < 4.78 is 10.8. The number of allylic oxidation sites excluding steroid dienone is 3. The number of ketones is 1. The molecule has 0 radical (unpaired) electrons. The number of rotatable bonds is 5. The highest BCUT2D eigenvalue weighted by Crippen LogP contribution is 2.47. The number of nitrogens with one attached hydrogen (secondary N) is 1. The third-order valence-corrected chi connectivity index (χ3v) is 6.52. The van der Waals surface area contributed by atoms with Crippen LogP contribution in [0.3, 0.4) is 0 Å². The van der Waals surface area contributed by atoms with E-state index in [4.69, 9.17) is 21.1 Å². The number of benzene rings is 2. The van der Waals surface area contributed by atoms with Crippen molar-refractivity contribution in [3.05, 3.63) is 81.2 Å². The van der Waals surface area contributed by atoms with Crippen LogP contribution in [0.4, 0.5) is 0 Å². The zero-order valence-corrected chi connectivity index (χ0v) is 20.4.